The third-order valence-electron chi connectivity index (χ3n) is 5.17. The first-order valence-corrected chi connectivity index (χ1v) is 14.1. The summed E-state index contributed by atoms with van der Waals surface area (Å²) in [7, 11) is -8.08. The molecule has 0 unspecified atom stereocenters. The molecule has 1 heterocycles. The number of benzene rings is 3. The van der Waals surface area contributed by atoms with Gasteiger partial charge < -0.3 is 20.0 Å². The maximum atomic E-state index is 12.0. The molecule has 0 aliphatic carbocycles. The number of nitrogens with zero attached hydrogens (tertiary/aromatic N) is 3. The van der Waals surface area contributed by atoms with E-state index >= 15 is 0 Å². The number of hydrogen-bond acceptors (Lipinski definition) is 11. The van der Waals surface area contributed by atoms with Crippen LogP contribution in [0.3, 0.4) is 0 Å². The molecular formula is C21H18N6O7S4. The molecule has 0 saturated carbocycles. The SMILES string of the molecule is COc1cc(N=Nc2cc(S(=O)(=O)O)c3cccc(S(=O)(=O)O)c3c2)c(C)cc1Nc1nc(=S)[nH]c(=S)[nH]1. The highest BCUT2D eigenvalue weighted by Gasteiger charge is 2.21. The molecule has 17 heteroatoms. The van der Waals surface area contributed by atoms with Gasteiger partial charge in [-0.3, -0.25) is 9.11 Å². The fourth-order valence-corrected chi connectivity index (χ4v) is 5.42. The first kappa shape index (κ1) is 27.4. The smallest absolute Gasteiger partial charge is 0.295 e. The van der Waals surface area contributed by atoms with Crippen molar-refractivity contribution in [2.45, 2.75) is 16.7 Å². The van der Waals surface area contributed by atoms with Gasteiger partial charge in [-0.25, -0.2) is 0 Å². The van der Waals surface area contributed by atoms with Gasteiger partial charge in [0.2, 0.25) is 10.7 Å². The minimum absolute atomic E-state index is 0.0999. The molecule has 0 radical (unpaired) electrons. The lowest BCUT2D eigenvalue weighted by molar-refractivity contribution is 0.417. The van der Waals surface area contributed by atoms with Crippen molar-refractivity contribution < 1.29 is 30.7 Å². The maximum absolute atomic E-state index is 12.0. The van der Waals surface area contributed by atoms with E-state index in [0.717, 1.165) is 12.1 Å². The van der Waals surface area contributed by atoms with Gasteiger partial charge >= 0.3 is 0 Å². The number of H-pyrrole nitrogens is 2. The minimum atomic E-state index is -4.79. The van der Waals surface area contributed by atoms with E-state index in [1.54, 1.807) is 19.1 Å². The van der Waals surface area contributed by atoms with E-state index < -0.39 is 30.0 Å². The Morgan fingerprint density at radius 2 is 1.66 bits per heavy atom. The Morgan fingerprint density at radius 1 is 0.947 bits per heavy atom. The van der Waals surface area contributed by atoms with Crippen molar-refractivity contribution in [3.8, 4) is 5.75 Å². The summed E-state index contributed by atoms with van der Waals surface area (Å²) in [5.41, 5.74) is 1.35. The zero-order valence-electron chi connectivity index (χ0n) is 19.5. The molecule has 0 bridgehead atoms. The van der Waals surface area contributed by atoms with E-state index in [-0.39, 0.29) is 32.0 Å². The number of rotatable bonds is 7. The largest absolute Gasteiger partial charge is 0.494 e. The van der Waals surface area contributed by atoms with Crippen LogP contribution in [0.15, 0.2) is 62.5 Å². The van der Waals surface area contributed by atoms with Crippen LogP contribution < -0.4 is 10.1 Å². The van der Waals surface area contributed by atoms with Crippen LogP contribution in [0.4, 0.5) is 23.0 Å². The molecule has 0 saturated heterocycles. The number of ether oxygens (including phenoxy) is 1. The second kappa shape index (κ2) is 10.3. The van der Waals surface area contributed by atoms with Crippen LogP contribution in [0.25, 0.3) is 10.8 Å². The third-order valence-corrected chi connectivity index (χ3v) is 7.37. The zero-order valence-corrected chi connectivity index (χ0v) is 22.7. The van der Waals surface area contributed by atoms with E-state index in [1.807, 2.05) is 0 Å². The van der Waals surface area contributed by atoms with Gasteiger partial charge in [0.1, 0.15) is 15.5 Å². The molecule has 4 rings (SSSR count). The molecule has 4 aromatic rings. The van der Waals surface area contributed by atoms with Gasteiger partial charge in [-0.2, -0.15) is 32.0 Å². The van der Waals surface area contributed by atoms with Gasteiger partial charge in [-0.15, -0.1) is 0 Å². The van der Waals surface area contributed by atoms with Crippen LogP contribution in [0.5, 0.6) is 5.75 Å². The van der Waals surface area contributed by atoms with Gasteiger partial charge in [0, 0.05) is 16.8 Å². The predicted octanol–water partition coefficient (Wildman–Crippen LogP) is 5.32. The van der Waals surface area contributed by atoms with Crippen LogP contribution in [-0.2, 0) is 20.2 Å². The van der Waals surface area contributed by atoms with Crippen LogP contribution in [0, 0.1) is 16.5 Å². The first-order valence-electron chi connectivity index (χ1n) is 10.4. The van der Waals surface area contributed by atoms with Gasteiger partial charge in [-0.1, -0.05) is 12.1 Å². The van der Waals surface area contributed by atoms with Gasteiger partial charge in [-0.05, 0) is 61.2 Å². The normalized spacial score (nSPS) is 12.2. The van der Waals surface area contributed by atoms with E-state index in [9.17, 15) is 25.9 Å². The number of anilines is 2. The van der Waals surface area contributed by atoms with E-state index in [2.05, 4.69) is 30.5 Å². The maximum Gasteiger partial charge on any atom is 0.295 e. The molecule has 38 heavy (non-hydrogen) atoms. The Bertz CT molecular complexity index is 1920. The number of methoxy groups -OCH3 is 1. The first-order chi connectivity index (χ1) is 17.8. The lowest BCUT2D eigenvalue weighted by Crippen LogP contribution is -2.03. The van der Waals surface area contributed by atoms with Crippen LogP contribution in [0.1, 0.15) is 5.56 Å². The van der Waals surface area contributed by atoms with Crippen molar-refractivity contribution in [1.82, 2.24) is 15.0 Å². The summed E-state index contributed by atoms with van der Waals surface area (Å²) in [6.07, 6.45) is 0. The molecule has 198 valence electrons. The summed E-state index contributed by atoms with van der Waals surface area (Å²) in [6.45, 7) is 1.73. The molecule has 0 spiro atoms. The molecule has 0 amide bonds. The summed E-state index contributed by atoms with van der Waals surface area (Å²) in [4.78, 5) is 8.44. The number of aryl methyl sites for hydroxylation is 1. The van der Waals surface area contributed by atoms with E-state index in [1.165, 1.54) is 25.3 Å². The number of hydrogen-bond donors (Lipinski definition) is 5. The summed E-state index contributed by atoms with van der Waals surface area (Å²) >= 11 is 10.1. The van der Waals surface area contributed by atoms with E-state index in [4.69, 9.17) is 29.2 Å². The second-order valence-electron chi connectivity index (χ2n) is 7.75. The Kier molecular flexibility index (Phi) is 7.42. The molecular weight excluding hydrogens is 577 g/mol. The molecule has 0 fully saturated rings. The Balaban J connectivity index is 1.80. The standard InChI is InChI=1S/C21H18N6O7S4/c1-10-6-15(22-19-23-20(35)25-21(36)24-19)16(34-2)9-14(10)27-26-11-7-13-12(18(8-11)38(31,32)33)4-3-5-17(13)37(28,29)30/h3-9H,1-2H3,(H,28,29,30)(H,31,32,33)(H3,22,23,24,25,35,36). The van der Waals surface area contributed by atoms with Crippen molar-refractivity contribution in [3.05, 3.63) is 57.6 Å². The van der Waals surface area contributed by atoms with Crippen LogP contribution in [-0.4, -0.2) is 48.0 Å². The van der Waals surface area contributed by atoms with E-state index in [0.29, 0.717) is 22.7 Å². The van der Waals surface area contributed by atoms with Gasteiger partial charge in [0.15, 0.2) is 4.77 Å². The Labute approximate surface area is 226 Å². The average Bonchev–Trinajstić information content (AvgIpc) is 2.80. The average molecular weight is 595 g/mol. The van der Waals surface area contributed by atoms with Crippen LogP contribution in [0.2, 0.25) is 0 Å². The highest BCUT2D eigenvalue weighted by Crippen LogP contribution is 2.37. The number of azo groups is 1. The number of aromatic nitrogens is 3. The third kappa shape index (κ3) is 5.93. The van der Waals surface area contributed by atoms with Gasteiger partial charge in [0.25, 0.3) is 20.2 Å². The number of nitrogens with one attached hydrogen (secondary N) is 3. The molecule has 5 N–H and O–H groups in total. The monoisotopic (exact) mass is 594 g/mol. The number of aromatic amines is 2. The highest BCUT2D eigenvalue weighted by molar-refractivity contribution is 7.86. The predicted molar refractivity (Wildman–Crippen MR) is 143 cm³/mol. The fraction of sp³-hybridized carbons (Fsp3) is 0.0952. The topological polar surface area (TPSA) is 199 Å². The molecule has 1 aromatic heterocycles. The molecule has 0 aliphatic heterocycles. The molecule has 13 nitrogen and oxygen atoms in total. The second-order valence-corrected chi connectivity index (χ2v) is 11.3. The fourth-order valence-electron chi connectivity index (χ4n) is 3.55. The molecule has 0 atom stereocenters. The quantitative estimate of drug-likeness (QED) is 0.105. The summed E-state index contributed by atoms with van der Waals surface area (Å²) in [6, 6.07) is 9.11. The Hall–Kier alpha value is -3.61. The van der Waals surface area contributed by atoms with Crippen LogP contribution >= 0.6 is 24.4 Å². The van der Waals surface area contributed by atoms with Crippen molar-refractivity contribution in [1.29, 1.82) is 0 Å². The van der Waals surface area contributed by atoms with Crippen molar-refractivity contribution >= 4 is 78.5 Å². The highest BCUT2D eigenvalue weighted by atomic mass is 32.2. The van der Waals surface area contributed by atoms with Gasteiger partial charge in [0.05, 0.1) is 24.2 Å². The van der Waals surface area contributed by atoms with Crippen molar-refractivity contribution in [2.24, 2.45) is 10.2 Å². The van der Waals surface area contributed by atoms with Crippen molar-refractivity contribution in [3.63, 3.8) is 0 Å². The molecule has 3 aromatic carbocycles. The lowest BCUT2D eigenvalue weighted by Gasteiger charge is -2.13. The Morgan fingerprint density at radius 3 is 2.29 bits per heavy atom. The molecule has 0 aliphatic rings. The van der Waals surface area contributed by atoms with Crippen molar-refractivity contribution in [2.75, 3.05) is 12.4 Å². The zero-order chi connectivity index (χ0) is 27.8. The summed E-state index contributed by atoms with van der Waals surface area (Å²) in [5, 5.41) is 10.9. The number of fused-ring (bicyclic) bond motifs is 1. The lowest BCUT2D eigenvalue weighted by atomic mass is 10.1. The summed E-state index contributed by atoms with van der Waals surface area (Å²) in [5.74, 6) is 0.615. The summed E-state index contributed by atoms with van der Waals surface area (Å²) < 4.78 is 73.0. The minimum Gasteiger partial charge on any atom is -0.494 e.